The first-order chi connectivity index (χ1) is 11.6. The van der Waals surface area contributed by atoms with Crippen LogP contribution < -0.4 is 10.2 Å². The zero-order valence-corrected chi connectivity index (χ0v) is 14.2. The Morgan fingerprint density at radius 2 is 1.79 bits per heavy atom. The Bertz CT molecular complexity index is 710. The minimum absolute atomic E-state index is 0.170. The van der Waals surface area contributed by atoms with E-state index in [4.69, 9.17) is 4.42 Å². The Hall–Kier alpha value is -2.53. The fraction of sp³-hybridized carbons (Fsp3) is 0.316. The van der Waals surface area contributed by atoms with Gasteiger partial charge in [-0.2, -0.15) is 0 Å². The van der Waals surface area contributed by atoms with Gasteiger partial charge in [-0.05, 0) is 56.4 Å². The molecule has 2 aromatic rings. The molecular weight excluding hydrogens is 302 g/mol. The summed E-state index contributed by atoms with van der Waals surface area (Å²) in [5, 5.41) is 2.86. The van der Waals surface area contributed by atoms with Crippen LogP contribution in [0.15, 0.2) is 46.9 Å². The third kappa shape index (κ3) is 4.26. The van der Waals surface area contributed by atoms with Crippen molar-refractivity contribution in [2.45, 2.75) is 6.92 Å². The number of amides is 1. The number of carbonyl (C=O) groups excluding carboxylic acids is 1. The molecule has 2 heterocycles. The maximum absolute atomic E-state index is 12.0. The largest absolute Gasteiger partial charge is 0.462 e. The fourth-order valence-corrected chi connectivity index (χ4v) is 2.70. The van der Waals surface area contributed by atoms with Crippen molar-refractivity contribution >= 4 is 23.4 Å². The summed E-state index contributed by atoms with van der Waals surface area (Å²) in [4.78, 5) is 16.7. The van der Waals surface area contributed by atoms with Gasteiger partial charge in [-0.25, -0.2) is 0 Å². The van der Waals surface area contributed by atoms with Gasteiger partial charge in [0.2, 0.25) is 5.91 Å². The average molecular weight is 325 g/mol. The zero-order chi connectivity index (χ0) is 16.9. The van der Waals surface area contributed by atoms with Crippen LogP contribution in [-0.2, 0) is 4.79 Å². The van der Waals surface area contributed by atoms with E-state index < -0.39 is 0 Å². The van der Waals surface area contributed by atoms with Crippen LogP contribution in [-0.4, -0.2) is 44.0 Å². The summed E-state index contributed by atoms with van der Waals surface area (Å²) in [6, 6.07) is 11.7. The molecule has 24 heavy (non-hydrogen) atoms. The minimum atomic E-state index is -0.170. The topological polar surface area (TPSA) is 48.7 Å². The molecule has 1 aromatic carbocycles. The molecule has 0 aliphatic carbocycles. The summed E-state index contributed by atoms with van der Waals surface area (Å²) >= 11 is 0. The number of carbonyl (C=O) groups is 1. The Kier molecular flexibility index (Phi) is 5.01. The van der Waals surface area contributed by atoms with E-state index in [2.05, 4.69) is 34.3 Å². The summed E-state index contributed by atoms with van der Waals surface area (Å²) in [7, 11) is 2.15. The van der Waals surface area contributed by atoms with Crippen molar-refractivity contribution in [3.63, 3.8) is 0 Å². The van der Waals surface area contributed by atoms with Crippen LogP contribution in [0.5, 0.6) is 0 Å². The molecule has 1 aliphatic rings. The molecule has 1 aromatic heterocycles. The standard InChI is InChI=1S/C19H23N3O2/c1-15-3-8-18(24-15)9-10-19(23)20-16-4-6-17(7-5-16)22-13-11-21(2)12-14-22/h3-10H,11-14H2,1-2H3,(H,20,23). The third-order valence-electron chi connectivity index (χ3n) is 4.16. The Labute approximate surface area is 142 Å². The highest BCUT2D eigenvalue weighted by molar-refractivity contribution is 6.01. The first-order valence-corrected chi connectivity index (χ1v) is 8.19. The smallest absolute Gasteiger partial charge is 0.248 e. The number of likely N-dealkylation sites (N-methyl/N-ethyl adjacent to an activating group) is 1. The maximum Gasteiger partial charge on any atom is 0.248 e. The molecule has 0 bridgehead atoms. The summed E-state index contributed by atoms with van der Waals surface area (Å²) in [5.41, 5.74) is 1.99. The average Bonchev–Trinajstić information content (AvgIpc) is 3.00. The van der Waals surface area contributed by atoms with E-state index in [0.29, 0.717) is 5.76 Å². The fourth-order valence-electron chi connectivity index (χ4n) is 2.70. The lowest BCUT2D eigenvalue weighted by molar-refractivity contribution is -0.111. The Morgan fingerprint density at radius 3 is 2.42 bits per heavy atom. The zero-order valence-electron chi connectivity index (χ0n) is 14.2. The van der Waals surface area contributed by atoms with Crippen molar-refractivity contribution in [2.24, 2.45) is 0 Å². The molecule has 5 nitrogen and oxygen atoms in total. The van der Waals surface area contributed by atoms with E-state index in [-0.39, 0.29) is 5.91 Å². The number of aryl methyl sites for hydroxylation is 1. The molecular formula is C19H23N3O2. The minimum Gasteiger partial charge on any atom is -0.462 e. The lowest BCUT2D eigenvalue weighted by atomic mass is 10.2. The van der Waals surface area contributed by atoms with Gasteiger partial charge in [0.05, 0.1) is 0 Å². The van der Waals surface area contributed by atoms with E-state index in [9.17, 15) is 4.79 Å². The summed E-state index contributed by atoms with van der Waals surface area (Å²) in [5.74, 6) is 1.33. The quantitative estimate of drug-likeness (QED) is 0.878. The monoisotopic (exact) mass is 325 g/mol. The van der Waals surface area contributed by atoms with Gasteiger partial charge in [0.15, 0.2) is 0 Å². The van der Waals surface area contributed by atoms with Crippen LogP contribution in [0.1, 0.15) is 11.5 Å². The molecule has 0 saturated carbocycles. The lowest BCUT2D eigenvalue weighted by Crippen LogP contribution is -2.44. The number of rotatable bonds is 4. The molecule has 1 N–H and O–H groups in total. The van der Waals surface area contributed by atoms with Crippen molar-refractivity contribution in [3.05, 3.63) is 54.0 Å². The molecule has 1 saturated heterocycles. The highest BCUT2D eigenvalue weighted by Gasteiger charge is 2.13. The van der Waals surface area contributed by atoms with Gasteiger partial charge >= 0.3 is 0 Å². The van der Waals surface area contributed by atoms with Crippen molar-refractivity contribution in [3.8, 4) is 0 Å². The second kappa shape index (κ2) is 7.36. The van der Waals surface area contributed by atoms with Gasteiger partial charge in [-0.1, -0.05) is 0 Å². The normalized spacial score (nSPS) is 15.8. The predicted octanol–water partition coefficient (Wildman–Crippen LogP) is 2.99. The number of nitrogens with one attached hydrogen (secondary N) is 1. The second-order valence-electron chi connectivity index (χ2n) is 6.11. The number of hydrogen-bond donors (Lipinski definition) is 1. The van der Waals surface area contributed by atoms with Crippen LogP contribution in [0.25, 0.3) is 6.08 Å². The molecule has 0 spiro atoms. The van der Waals surface area contributed by atoms with Gasteiger partial charge in [-0.15, -0.1) is 0 Å². The first-order valence-electron chi connectivity index (χ1n) is 8.19. The second-order valence-corrected chi connectivity index (χ2v) is 6.11. The number of benzene rings is 1. The van der Waals surface area contributed by atoms with Crippen molar-refractivity contribution in [1.29, 1.82) is 0 Å². The third-order valence-corrected chi connectivity index (χ3v) is 4.16. The lowest BCUT2D eigenvalue weighted by Gasteiger charge is -2.34. The number of furan rings is 1. The molecule has 1 aliphatic heterocycles. The van der Waals surface area contributed by atoms with Gasteiger partial charge in [0, 0.05) is 43.6 Å². The Morgan fingerprint density at radius 1 is 1.08 bits per heavy atom. The van der Waals surface area contributed by atoms with Crippen LogP contribution in [0.4, 0.5) is 11.4 Å². The predicted molar refractivity (Wildman–Crippen MR) is 97.3 cm³/mol. The molecule has 5 heteroatoms. The first kappa shape index (κ1) is 16.3. The molecule has 0 radical (unpaired) electrons. The van der Waals surface area contributed by atoms with Crippen molar-refractivity contribution < 1.29 is 9.21 Å². The van der Waals surface area contributed by atoms with Crippen molar-refractivity contribution in [1.82, 2.24) is 4.90 Å². The van der Waals surface area contributed by atoms with E-state index in [1.54, 1.807) is 6.08 Å². The SMILES string of the molecule is Cc1ccc(C=CC(=O)Nc2ccc(N3CCN(C)CC3)cc2)o1. The summed E-state index contributed by atoms with van der Waals surface area (Å²) in [6.07, 6.45) is 3.15. The highest BCUT2D eigenvalue weighted by Crippen LogP contribution is 2.19. The van der Waals surface area contributed by atoms with Crippen LogP contribution in [0.2, 0.25) is 0 Å². The number of anilines is 2. The molecule has 0 atom stereocenters. The highest BCUT2D eigenvalue weighted by atomic mass is 16.3. The van der Waals surface area contributed by atoms with Gasteiger partial charge in [0.25, 0.3) is 0 Å². The number of nitrogens with zero attached hydrogens (tertiary/aromatic N) is 2. The van der Waals surface area contributed by atoms with Crippen molar-refractivity contribution in [2.75, 3.05) is 43.4 Å². The maximum atomic E-state index is 12.0. The summed E-state index contributed by atoms with van der Waals surface area (Å²) in [6.45, 7) is 6.10. The number of hydrogen-bond acceptors (Lipinski definition) is 4. The molecule has 126 valence electrons. The van der Waals surface area contributed by atoms with Gasteiger partial charge in [0.1, 0.15) is 11.5 Å². The van der Waals surface area contributed by atoms with E-state index in [1.807, 2.05) is 31.2 Å². The summed E-state index contributed by atoms with van der Waals surface area (Å²) < 4.78 is 5.40. The molecule has 0 unspecified atom stereocenters. The van der Waals surface area contributed by atoms with E-state index in [1.165, 1.54) is 11.8 Å². The Balaban J connectivity index is 1.55. The molecule has 1 amide bonds. The number of piperazine rings is 1. The van der Waals surface area contributed by atoms with E-state index >= 15 is 0 Å². The van der Waals surface area contributed by atoms with Crippen LogP contribution in [0, 0.1) is 6.92 Å². The molecule has 1 fully saturated rings. The van der Waals surface area contributed by atoms with Crippen LogP contribution in [0.3, 0.4) is 0 Å². The van der Waals surface area contributed by atoms with Crippen LogP contribution >= 0.6 is 0 Å². The van der Waals surface area contributed by atoms with Gasteiger partial charge < -0.3 is 19.5 Å². The van der Waals surface area contributed by atoms with Gasteiger partial charge in [-0.3, -0.25) is 4.79 Å². The van der Waals surface area contributed by atoms with E-state index in [0.717, 1.165) is 37.6 Å². The molecule has 3 rings (SSSR count).